The molecule has 2 aromatic rings. The number of nitrogens with zero attached hydrogens (tertiary/aromatic N) is 1. The third kappa shape index (κ3) is 2.27. The molecule has 0 N–H and O–H groups in total. The highest BCUT2D eigenvalue weighted by Gasteiger charge is 2.00. The summed E-state index contributed by atoms with van der Waals surface area (Å²) in [6.07, 6.45) is 3.90. The van der Waals surface area contributed by atoms with Crippen LogP contribution in [-0.4, -0.2) is 10.4 Å². The molecule has 1 aromatic carbocycles. The van der Waals surface area contributed by atoms with Crippen molar-refractivity contribution in [1.29, 1.82) is 0 Å². The van der Waals surface area contributed by atoms with Crippen molar-refractivity contribution in [2.75, 3.05) is 5.88 Å². The summed E-state index contributed by atoms with van der Waals surface area (Å²) in [6.45, 7) is 0.910. The molecule has 0 aliphatic rings. The normalized spacial score (nSPS) is 10.8. The molecular formula is C13H14ClNO. The summed E-state index contributed by atoms with van der Waals surface area (Å²) in [5.74, 6) is 0.693. The van der Waals surface area contributed by atoms with Gasteiger partial charge >= 0.3 is 0 Å². The minimum atomic E-state index is 0.0872. The Kier molecular flexibility index (Phi) is 3.62. The molecule has 0 bridgehead atoms. The van der Waals surface area contributed by atoms with E-state index in [1.807, 2.05) is 30.5 Å². The second-order valence-electron chi connectivity index (χ2n) is 3.79. The van der Waals surface area contributed by atoms with Crippen LogP contribution in [0.3, 0.4) is 0 Å². The number of aromatic nitrogens is 1. The summed E-state index contributed by atoms with van der Waals surface area (Å²) in [4.78, 5) is 11.6. The number of aryl methyl sites for hydroxylation is 1. The van der Waals surface area contributed by atoms with Crippen LogP contribution in [0.15, 0.2) is 41.3 Å². The molecule has 0 saturated carbocycles. The fourth-order valence-corrected chi connectivity index (χ4v) is 2.02. The van der Waals surface area contributed by atoms with Gasteiger partial charge in [-0.15, -0.1) is 11.6 Å². The van der Waals surface area contributed by atoms with Gasteiger partial charge in [0.1, 0.15) is 0 Å². The lowest BCUT2D eigenvalue weighted by Gasteiger charge is -2.09. The maximum atomic E-state index is 11.6. The quantitative estimate of drug-likeness (QED) is 0.590. The Balaban J connectivity index is 2.38. The smallest absolute Gasteiger partial charge is 0.189 e. The number of alkyl halides is 1. The number of unbranched alkanes of at least 4 members (excludes halogenated alkanes) is 1. The minimum absolute atomic E-state index is 0.0872. The molecule has 0 radical (unpaired) electrons. The zero-order valence-corrected chi connectivity index (χ0v) is 9.78. The molecule has 0 saturated heterocycles. The molecule has 0 aliphatic carbocycles. The van der Waals surface area contributed by atoms with Gasteiger partial charge in [-0.1, -0.05) is 12.1 Å². The maximum Gasteiger partial charge on any atom is 0.189 e. The Labute approximate surface area is 99.5 Å². The molecule has 2 rings (SSSR count). The van der Waals surface area contributed by atoms with Crippen LogP contribution in [0.2, 0.25) is 0 Å². The van der Waals surface area contributed by atoms with Gasteiger partial charge in [-0.05, 0) is 25.0 Å². The van der Waals surface area contributed by atoms with Crippen molar-refractivity contribution >= 4 is 22.5 Å². The molecule has 0 aliphatic heterocycles. The number of fused-ring (bicyclic) bond motifs is 1. The summed E-state index contributed by atoms with van der Waals surface area (Å²) in [5, 5.41) is 0.788. The molecule has 0 atom stereocenters. The highest BCUT2D eigenvalue weighted by Crippen LogP contribution is 2.10. The monoisotopic (exact) mass is 235 g/mol. The van der Waals surface area contributed by atoms with E-state index in [4.69, 9.17) is 11.6 Å². The van der Waals surface area contributed by atoms with Crippen LogP contribution in [-0.2, 0) is 6.54 Å². The number of rotatable bonds is 4. The lowest BCUT2D eigenvalue weighted by Crippen LogP contribution is -2.08. The van der Waals surface area contributed by atoms with Gasteiger partial charge in [-0.3, -0.25) is 4.79 Å². The predicted molar refractivity (Wildman–Crippen MR) is 68.2 cm³/mol. The molecule has 16 heavy (non-hydrogen) atoms. The van der Waals surface area contributed by atoms with E-state index >= 15 is 0 Å². The zero-order chi connectivity index (χ0) is 11.4. The van der Waals surface area contributed by atoms with Gasteiger partial charge < -0.3 is 4.57 Å². The fourth-order valence-electron chi connectivity index (χ4n) is 1.83. The van der Waals surface area contributed by atoms with Crippen LogP contribution in [0.5, 0.6) is 0 Å². The molecule has 3 heteroatoms. The van der Waals surface area contributed by atoms with Crippen molar-refractivity contribution in [3.05, 3.63) is 46.8 Å². The van der Waals surface area contributed by atoms with Gasteiger partial charge in [0, 0.05) is 30.1 Å². The van der Waals surface area contributed by atoms with Crippen LogP contribution in [0.4, 0.5) is 0 Å². The van der Waals surface area contributed by atoms with Crippen molar-refractivity contribution in [2.24, 2.45) is 0 Å². The second kappa shape index (κ2) is 5.17. The third-order valence-corrected chi connectivity index (χ3v) is 2.93. The van der Waals surface area contributed by atoms with Crippen molar-refractivity contribution in [3.8, 4) is 0 Å². The van der Waals surface area contributed by atoms with Gasteiger partial charge in [-0.2, -0.15) is 0 Å². The number of hydrogen-bond acceptors (Lipinski definition) is 1. The van der Waals surface area contributed by atoms with Gasteiger partial charge in [0.15, 0.2) is 5.43 Å². The van der Waals surface area contributed by atoms with E-state index in [1.165, 1.54) is 0 Å². The number of benzene rings is 1. The minimum Gasteiger partial charge on any atom is -0.347 e. The SMILES string of the molecule is O=c1ccn(CCCCCl)c2ccccc12. The van der Waals surface area contributed by atoms with Gasteiger partial charge in [-0.25, -0.2) is 0 Å². The fraction of sp³-hybridized carbons (Fsp3) is 0.308. The van der Waals surface area contributed by atoms with E-state index in [-0.39, 0.29) is 5.43 Å². The maximum absolute atomic E-state index is 11.6. The molecule has 0 amide bonds. The highest BCUT2D eigenvalue weighted by atomic mass is 35.5. The van der Waals surface area contributed by atoms with Crippen molar-refractivity contribution < 1.29 is 0 Å². The van der Waals surface area contributed by atoms with Crippen LogP contribution in [0, 0.1) is 0 Å². The van der Waals surface area contributed by atoms with Crippen LogP contribution in [0.25, 0.3) is 10.9 Å². The molecule has 1 heterocycles. The van der Waals surface area contributed by atoms with Crippen molar-refractivity contribution in [1.82, 2.24) is 4.57 Å². The van der Waals surface area contributed by atoms with E-state index < -0.39 is 0 Å². The summed E-state index contributed by atoms with van der Waals surface area (Å²) in [6, 6.07) is 9.34. The first-order chi connectivity index (χ1) is 7.83. The summed E-state index contributed by atoms with van der Waals surface area (Å²) in [7, 11) is 0. The van der Waals surface area contributed by atoms with Gasteiger partial charge in [0.05, 0.1) is 5.52 Å². The summed E-state index contributed by atoms with van der Waals surface area (Å²) >= 11 is 5.65. The Morgan fingerprint density at radius 3 is 2.75 bits per heavy atom. The number of halogens is 1. The van der Waals surface area contributed by atoms with Crippen LogP contribution >= 0.6 is 11.6 Å². The van der Waals surface area contributed by atoms with E-state index in [0.29, 0.717) is 5.88 Å². The first-order valence-electron chi connectivity index (χ1n) is 5.47. The zero-order valence-electron chi connectivity index (χ0n) is 9.03. The van der Waals surface area contributed by atoms with Gasteiger partial charge in [0.2, 0.25) is 0 Å². The van der Waals surface area contributed by atoms with E-state index in [1.54, 1.807) is 6.07 Å². The Bertz CT molecular complexity index is 533. The Hall–Kier alpha value is -1.28. The lowest BCUT2D eigenvalue weighted by atomic mass is 10.2. The highest BCUT2D eigenvalue weighted by molar-refractivity contribution is 6.17. The summed E-state index contributed by atoms with van der Waals surface area (Å²) in [5.41, 5.74) is 1.09. The lowest BCUT2D eigenvalue weighted by molar-refractivity contribution is 0.648. The first kappa shape index (κ1) is 11.2. The van der Waals surface area contributed by atoms with Crippen LogP contribution in [0.1, 0.15) is 12.8 Å². The molecule has 0 unspecified atom stereocenters. The molecule has 0 spiro atoms. The Morgan fingerprint density at radius 2 is 1.94 bits per heavy atom. The largest absolute Gasteiger partial charge is 0.347 e. The average molecular weight is 236 g/mol. The first-order valence-corrected chi connectivity index (χ1v) is 6.00. The molecular weight excluding hydrogens is 222 g/mol. The number of hydrogen-bond donors (Lipinski definition) is 0. The second-order valence-corrected chi connectivity index (χ2v) is 4.16. The Morgan fingerprint density at radius 1 is 1.12 bits per heavy atom. The predicted octanol–water partition coefficient (Wildman–Crippen LogP) is 3.02. The van der Waals surface area contributed by atoms with Crippen molar-refractivity contribution in [2.45, 2.75) is 19.4 Å². The molecule has 2 nitrogen and oxygen atoms in total. The number of para-hydroxylation sites is 1. The van der Waals surface area contributed by atoms with E-state index in [9.17, 15) is 4.79 Å². The van der Waals surface area contributed by atoms with Crippen LogP contribution < -0.4 is 5.43 Å². The standard InChI is InChI=1S/C13H14ClNO/c14-8-3-4-9-15-10-7-13(16)11-5-1-2-6-12(11)15/h1-2,5-7,10H,3-4,8-9H2. The van der Waals surface area contributed by atoms with E-state index in [2.05, 4.69) is 4.57 Å². The third-order valence-electron chi connectivity index (χ3n) is 2.67. The summed E-state index contributed by atoms with van der Waals surface area (Å²) < 4.78 is 2.11. The number of pyridine rings is 1. The topological polar surface area (TPSA) is 22.0 Å². The van der Waals surface area contributed by atoms with Crippen molar-refractivity contribution in [3.63, 3.8) is 0 Å². The molecule has 1 aromatic heterocycles. The molecule has 84 valence electrons. The van der Waals surface area contributed by atoms with Gasteiger partial charge in [0.25, 0.3) is 0 Å². The molecule has 0 fully saturated rings. The average Bonchev–Trinajstić information content (AvgIpc) is 2.33. The van der Waals surface area contributed by atoms with E-state index in [0.717, 1.165) is 30.3 Å².